The molecule has 1 amide bonds. The Hall–Kier alpha value is -1.86. The van der Waals surface area contributed by atoms with Gasteiger partial charge in [0.15, 0.2) is 5.65 Å². The van der Waals surface area contributed by atoms with Crippen molar-refractivity contribution in [3.05, 3.63) is 34.9 Å². The molecule has 2 saturated carbocycles. The van der Waals surface area contributed by atoms with Crippen molar-refractivity contribution in [2.24, 2.45) is 17.6 Å². The highest BCUT2D eigenvalue weighted by molar-refractivity contribution is 5.85. The molecule has 3 N–H and O–H groups in total. The largest absolute Gasteiger partial charge is 0.353 e. The van der Waals surface area contributed by atoms with Gasteiger partial charge in [0.05, 0.1) is 6.54 Å². The number of hydrogen-bond donors (Lipinski definition) is 2. The average Bonchev–Trinajstić information content (AvgIpc) is 2.90. The van der Waals surface area contributed by atoms with Crippen molar-refractivity contribution >= 4 is 24.0 Å². The molecular formula is C18H26ClN5O2. The van der Waals surface area contributed by atoms with Crippen LogP contribution in [0.1, 0.15) is 38.5 Å². The van der Waals surface area contributed by atoms with Crippen molar-refractivity contribution in [2.45, 2.75) is 57.2 Å². The summed E-state index contributed by atoms with van der Waals surface area (Å²) in [5, 5.41) is 7.49. The molecule has 26 heavy (non-hydrogen) atoms. The second-order valence-electron chi connectivity index (χ2n) is 7.46. The number of amides is 1. The Bertz CT molecular complexity index is 818. The molecule has 2 atom stereocenters. The van der Waals surface area contributed by atoms with Crippen molar-refractivity contribution in [1.82, 2.24) is 19.5 Å². The van der Waals surface area contributed by atoms with Crippen LogP contribution >= 0.6 is 12.4 Å². The molecule has 2 fully saturated rings. The van der Waals surface area contributed by atoms with Crippen LogP contribution in [0.2, 0.25) is 0 Å². The summed E-state index contributed by atoms with van der Waals surface area (Å²) in [5.74, 6) is 1.01. The minimum Gasteiger partial charge on any atom is -0.353 e. The molecule has 142 valence electrons. The van der Waals surface area contributed by atoms with E-state index in [2.05, 4.69) is 10.4 Å². The highest BCUT2D eigenvalue weighted by Gasteiger charge is 2.39. The van der Waals surface area contributed by atoms with Gasteiger partial charge in [-0.3, -0.25) is 9.20 Å². The first-order chi connectivity index (χ1) is 12.1. The molecule has 0 aromatic carbocycles. The number of hydrogen-bond acceptors (Lipinski definition) is 4. The maximum atomic E-state index is 12.4. The third-order valence-electron chi connectivity index (χ3n) is 5.74. The predicted molar refractivity (Wildman–Crippen MR) is 101 cm³/mol. The third kappa shape index (κ3) is 3.64. The van der Waals surface area contributed by atoms with Gasteiger partial charge >= 0.3 is 5.69 Å². The zero-order chi connectivity index (χ0) is 17.4. The first-order valence-electron chi connectivity index (χ1n) is 9.21. The number of nitrogens with one attached hydrogen (secondary N) is 1. The van der Waals surface area contributed by atoms with Gasteiger partial charge < -0.3 is 11.1 Å². The number of carbonyl (C=O) groups is 1. The second kappa shape index (κ2) is 7.80. The molecule has 0 aliphatic heterocycles. The lowest BCUT2D eigenvalue weighted by molar-refractivity contribution is -0.123. The molecule has 7 nitrogen and oxygen atoms in total. The smallest absolute Gasteiger partial charge is 0.350 e. The van der Waals surface area contributed by atoms with Gasteiger partial charge in [-0.25, -0.2) is 9.48 Å². The van der Waals surface area contributed by atoms with E-state index in [-0.39, 0.29) is 42.5 Å². The lowest BCUT2D eigenvalue weighted by Gasteiger charge is -2.45. The number of aromatic nitrogens is 3. The Kier molecular flexibility index (Phi) is 5.67. The third-order valence-corrected chi connectivity index (χ3v) is 5.74. The van der Waals surface area contributed by atoms with Gasteiger partial charge in [-0.15, -0.1) is 17.5 Å². The summed E-state index contributed by atoms with van der Waals surface area (Å²) in [6.07, 6.45) is 7.52. The lowest BCUT2D eigenvalue weighted by Crippen LogP contribution is -2.53. The summed E-state index contributed by atoms with van der Waals surface area (Å²) in [6.45, 7) is 0.300. The summed E-state index contributed by atoms with van der Waals surface area (Å²) in [5.41, 5.74) is 6.54. The molecule has 0 spiro atoms. The normalized spacial score (nSPS) is 27.7. The van der Waals surface area contributed by atoms with Gasteiger partial charge in [-0.05, 0) is 49.7 Å². The monoisotopic (exact) mass is 379 g/mol. The first-order valence-corrected chi connectivity index (χ1v) is 9.21. The zero-order valence-corrected chi connectivity index (χ0v) is 15.5. The maximum Gasteiger partial charge on any atom is 0.350 e. The van der Waals surface area contributed by atoms with E-state index in [1.54, 1.807) is 18.3 Å². The molecule has 2 aliphatic carbocycles. The van der Waals surface area contributed by atoms with Crippen molar-refractivity contribution in [3.8, 4) is 0 Å². The van der Waals surface area contributed by atoms with Gasteiger partial charge in [0, 0.05) is 24.7 Å². The van der Waals surface area contributed by atoms with E-state index in [4.69, 9.17) is 5.73 Å². The van der Waals surface area contributed by atoms with Gasteiger partial charge in [-0.2, -0.15) is 0 Å². The number of aryl methyl sites for hydroxylation is 1. The van der Waals surface area contributed by atoms with Crippen molar-refractivity contribution in [3.63, 3.8) is 0 Å². The van der Waals surface area contributed by atoms with Gasteiger partial charge in [-0.1, -0.05) is 12.5 Å². The predicted octanol–water partition coefficient (Wildman–Crippen LogP) is 1.33. The van der Waals surface area contributed by atoms with Gasteiger partial charge in [0.25, 0.3) is 0 Å². The van der Waals surface area contributed by atoms with Crippen LogP contribution in [0.25, 0.3) is 5.65 Å². The molecule has 2 heterocycles. The Morgan fingerprint density at radius 1 is 1.27 bits per heavy atom. The fourth-order valence-electron chi connectivity index (χ4n) is 4.60. The number of halogens is 1. The molecular weight excluding hydrogens is 354 g/mol. The lowest BCUT2D eigenvalue weighted by atomic mass is 9.67. The fraction of sp³-hybridized carbons (Fsp3) is 0.611. The second-order valence-corrected chi connectivity index (χ2v) is 7.46. The first kappa shape index (κ1) is 18.9. The molecule has 2 aromatic heterocycles. The van der Waals surface area contributed by atoms with Crippen molar-refractivity contribution in [1.29, 1.82) is 0 Å². The quantitative estimate of drug-likeness (QED) is 0.837. The van der Waals surface area contributed by atoms with Gasteiger partial charge in [0.1, 0.15) is 0 Å². The van der Waals surface area contributed by atoms with Crippen molar-refractivity contribution in [2.75, 3.05) is 0 Å². The fourth-order valence-corrected chi connectivity index (χ4v) is 4.60. The SMILES string of the molecule is Cl.NC1CC2CCCC(C1)C2NC(=O)CCn1nc2ccccn2c1=O. The topological polar surface area (TPSA) is 94.4 Å². The maximum absolute atomic E-state index is 12.4. The van der Waals surface area contributed by atoms with Crippen LogP contribution in [0.5, 0.6) is 0 Å². The summed E-state index contributed by atoms with van der Waals surface area (Å²) >= 11 is 0. The number of pyridine rings is 1. The summed E-state index contributed by atoms with van der Waals surface area (Å²) < 4.78 is 2.86. The van der Waals surface area contributed by atoms with Crippen LogP contribution in [0.4, 0.5) is 0 Å². The van der Waals surface area contributed by atoms with Crippen molar-refractivity contribution < 1.29 is 4.79 Å². The summed E-state index contributed by atoms with van der Waals surface area (Å²) in [7, 11) is 0. The Balaban J connectivity index is 0.00000196. The van der Waals surface area contributed by atoms with Crippen LogP contribution in [0.15, 0.2) is 29.2 Å². The van der Waals surface area contributed by atoms with E-state index in [1.807, 2.05) is 6.07 Å². The van der Waals surface area contributed by atoms with E-state index < -0.39 is 0 Å². The van der Waals surface area contributed by atoms with E-state index in [1.165, 1.54) is 15.5 Å². The summed E-state index contributed by atoms with van der Waals surface area (Å²) in [6, 6.07) is 5.94. The molecule has 4 rings (SSSR count). The molecule has 2 unspecified atom stereocenters. The minimum atomic E-state index is -0.205. The van der Waals surface area contributed by atoms with Crippen LogP contribution in [-0.4, -0.2) is 32.2 Å². The van der Waals surface area contributed by atoms with Crippen LogP contribution in [0, 0.1) is 11.8 Å². The summed E-state index contributed by atoms with van der Waals surface area (Å²) in [4.78, 5) is 24.7. The standard InChI is InChI=1S/C18H25N5O2.ClH/c19-14-10-12-4-3-5-13(11-14)17(12)20-16(24)7-9-23-18(25)22-8-2-1-6-15(22)21-23;/h1-2,6,8,12-14,17H,3-5,7,9-11,19H2,(H,20,24);1H. The van der Waals surface area contributed by atoms with E-state index in [0.717, 1.165) is 25.7 Å². The molecule has 2 bridgehead atoms. The van der Waals surface area contributed by atoms with E-state index in [0.29, 0.717) is 24.0 Å². The zero-order valence-electron chi connectivity index (χ0n) is 14.7. The van der Waals surface area contributed by atoms with E-state index in [9.17, 15) is 9.59 Å². The highest BCUT2D eigenvalue weighted by Crippen LogP contribution is 2.39. The minimum absolute atomic E-state index is 0. The number of rotatable bonds is 4. The number of carbonyl (C=O) groups excluding carboxylic acids is 1. The average molecular weight is 380 g/mol. The van der Waals surface area contributed by atoms with Crippen LogP contribution < -0.4 is 16.7 Å². The molecule has 8 heteroatoms. The molecule has 2 aliphatic rings. The molecule has 2 aromatic rings. The number of nitrogens with zero attached hydrogens (tertiary/aromatic N) is 3. The Morgan fingerprint density at radius 2 is 2.00 bits per heavy atom. The highest BCUT2D eigenvalue weighted by atomic mass is 35.5. The van der Waals surface area contributed by atoms with E-state index >= 15 is 0 Å². The number of fused-ring (bicyclic) bond motifs is 3. The molecule has 0 radical (unpaired) electrons. The van der Waals surface area contributed by atoms with Crippen LogP contribution in [0.3, 0.4) is 0 Å². The van der Waals surface area contributed by atoms with Gasteiger partial charge in [0.2, 0.25) is 5.91 Å². The Labute approximate surface area is 158 Å². The van der Waals surface area contributed by atoms with Crippen LogP contribution in [-0.2, 0) is 11.3 Å². The number of nitrogens with two attached hydrogens (primary N) is 1. The molecule has 0 saturated heterocycles. The Morgan fingerprint density at radius 3 is 2.69 bits per heavy atom.